The van der Waals surface area contributed by atoms with E-state index in [2.05, 4.69) is 0 Å². The van der Waals surface area contributed by atoms with Crippen LogP contribution >= 0.6 is 0 Å². The Morgan fingerprint density at radius 1 is 1.08 bits per heavy atom. The zero-order valence-electron chi connectivity index (χ0n) is 12.6. The van der Waals surface area contributed by atoms with Gasteiger partial charge in [0.15, 0.2) is 0 Å². The molecule has 0 spiro atoms. The SMILES string of the molecule is O=C1NC(=O)C(=Cc2cc([N+](=O)[O-])ccc2N2CCCC2)C(=O)N1. The van der Waals surface area contributed by atoms with Gasteiger partial charge in [-0.3, -0.25) is 30.3 Å². The van der Waals surface area contributed by atoms with Crippen molar-refractivity contribution in [1.29, 1.82) is 0 Å². The molecule has 2 fully saturated rings. The number of barbiturate groups is 1. The maximum Gasteiger partial charge on any atom is 0.328 e. The van der Waals surface area contributed by atoms with Crippen LogP contribution in [0.1, 0.15) is 18.4 Å². The van der Waals surface area contributed by atoms with Crippen molar-refractivity contribution >= 4 is 35.3 Å². The van der Waals surface area contributed by atoms with E-state index in [0.717, 1.165) is 25.9 Å². The molecule has 2 N–H and O–H groups in total. The van der Waals surface area contributed by atoms with Gasteiger partial charge in [0.1, 0.15) is 5.57 Å². The van der Waals surface area contributed by atoms with Crippen molar-refractivity contribution < 1.29 is 19.3 Å². The number of nitrogens with zero attached hydrogens (tertiary/aromatic N) is 2. The number of nitro benzene ring substituents is 1. The summed E-state index contributed by atoms with van der Waals surface area (Å²) in [5.74, 6) is -1.66. The van der Waals surface area contributed by atoms with Crippen LogP contribution in [0.25, 0.3) is 6.08 Å². The third-order valence-corrected chi connectivity index (χ3v) is 3.91. The van der Waals surface area contributed by atoms with E-state index in [-0.39, 0.29) is 11.3 Å². The molecule has 0 radical (unpaired) electrons. The predicted octanol–water partition coefficient (Wildman–Crippen LogP) is 0.944. The average Bonchev–Trinajstić information content (AvgIpc) is 3.04. The van der Waals surface area contributed by atoms with Gasteiger partial charge in [-0.2, -0.15) is 0 Å². The van der Waals surface area contributed by atoms with E-state index in [4.69, 9.17) is 0 Å². The fourth-order valence-electron chi connectivity index (χ4n) is 2.78. The van der Waals surface area contributed by atoms with Gasteiger partial charge in [-0.1, -0.05) is 0 Å². The molecule has 2 heterocycles. The zero-order chi connectivity index (χ0) is 17.3. The summed E-state index contributed by atoms with van der Waals surface area (Å²) in [6, 6.07) is 3.43. The van der Waals surface area contributed by atoms with Gasteiger partial charge in [-0.25, -0.2) is 4.79 Å². The number of urea groups is 1. The minimum Gasteiger partial charge on any atom is -0.371 e. The van der Waals surface area contributed by atoms with E-state index in [9.17, 15) is 24.5 Å². The monoisotopic (exact) mass is 330 g/mol. The first kappa shape index (κ1) is 15.7. The highest BCUT2D eigenvalue weighted by Gasteiger charge is 2.28. The summed E-state index contributed by atoms with van der Waals surface area (Å²) in [4.78, 5) is 47.4. The summed E-state index contributed by atoms with van der Waals surface area (Å²) in [5, 5.41) is 15.0. The number of carbonyl (C=O) groups excluding carboxylic acids is 3. The summed E-state index contributed by atoms with van der Waals surface area (Å²) < 4.78 is 0. The van der Waals surface area contributed by atoms with Gasteiger partial charge < -0.3 is 4.90 Å². The first-order valence-corrected chi connectivity index (χ1v) is 7.37. The van der Waals surface area contributed by atoms with Crippen LogP contribution < -0.4 is 15.5 Å². The Morgan fingerprint density at radius 3 is 2.29 bits per heavy atom. The average molecular weight is 330 g/mol. The molecule has 1 aromatic rings. The highest BCUT2D eigenvalue weighted by molar-refractivity contribution is 6.31. The van der Waals surface area contributed by atoms with Crippen LogP contribution in [-0.4, -0.2) is 35.9 Å². The van der Waals surface area contributed by atoms with Crippen molar-refractivity contribution in [3.05, 3.63) is 39.4 Å². The number of anilines is 1. The molecule has 0 unspecified atom stereocenters. The van der Waals surface area contributed by atoms with Crippen molar-refractivity contribution in [2.45, 2.75) is 12.8 Å². The molecule has 4 amide bonds. The number of imide groups is 2. The lowest BCUT2D eigenvalue weighted by atomic mass is 10.0. The number of hydrogen-bond donors (Lipinski definition) is 2. The van der Waals surface area contributed by atoms with Crippen molar-refractivity contribution in [2.24, 2.45) is 0 Å². The van der Waals surface area contributed by atoms with E-state index in [1.54, 1.807) is 6.07 Å². The van der Waals surface area contributed by atoms with E-state index in [0.29, 0.717) is 11.3 Å². The second kappa shape index (κ2) is 6.11. The summed E-state index contributed by atoms with van der Waals surface area (Å²) in [6.07, 6.45) is 3.28. The normalized spacial score (nSPS) is 17.6. The quantitative estimate of drug-likeness (QED) is 0.368. The molecule has 0 saturated carbocycles. The van der Waals surface area contributed by atoms with Gasteiger partial charge in [-0.05, 0) is 25.0 Å². The fourth-order valence-corrected chi connectivity index (χ4v) is 2.78. The molecule has 2 saturated heterocycles. The van der Waals surface area contributed by atoms with E-state index >= 15 is 0 Å². The molecule has 1 aromatic carbocycles. The minimum atomic E-state index is -0.888. The molecule has 9 heteroatoms. The van der Waals surface area contributed by atoms with Gasteiger partial charge in [0.2, 0.25) is 0 Å². The number of nitrogens with one attached hydrogen (secondary N) is 2. The minimum absolute atomic E-state index is 0.141. The molecule has 0 bridgehead atoms. The lowest BCUT2D eigenvalue weighted by molar-refractivity contribution is -0.384. The van der Waals surface area contributed by atoms with E-state index in [1.165, 1.54) is 18.2 Å². The lowest BCUT2D eigenvalue weighted by Gasteiger charge is -2.21. The number of carbonyl (C=O) groups is 3. The first-order chi connectivity index (χ1) is 11.5. The third-order valence-electron chi connectivity index (χ3n) is 3.91. The molecule has 24 heavy (non-hydrogen) atoms. The summed E-state index contributed by atoms with van der Waals surface area (Å²) in [7, 11) is 0. The Morgan fingerprint density at radius 2 is 1.71 bits per heavy atom. The lowest BCUT2D eigenvalue weighted by Crippen LogP contribution is -2.51. The van der Waals surface area contributed by atoms with Gasteiger partial charge in [0.25, 0.3) is 17.5 Å². The van der Waals surface area contributed by atoms with E-state index in [1.807, 2.05) is 15.5 Å². The molecule has 2 aliphatic heterocycles. The molecular weight excluding hydrogens is 316 g/mol. The topological polar surface area (TPSA) is 122 Å². The van der Waals surface area contributed by atoms with Crippen LogP contribution in [-0.2, 0) is 9.59 Å². The van der Waals surface area contributed by atoms with Crippen molar-refractivity contribution in [3.63, 3.8) is 0 Å². The largest absolute Gasteiger partial charge is 0.371 e. The Balaban J connectivity index is 2.06. The van der Waals surface area contributed by atoms with Gasteiger partial charge in [0, 0.05) is 36.5 Å². The van der Waals surface area contributed by atoms with Crippen LogP contribution in [0.5, 0.6) is 0 Å². The highest BCUT2D eigenvalue weighted by atomic mass is 16.6. The van der Waals surface area contributed by atoms with Gasteiger partial charge in [-0.15, -0.1) is 0 Å². The number of benzene rings is 1. The first-order valence-electron chi connectivity index (χ1n) is 7.37. The van der Waals surface area contributed by atoms with Crippen LogP contribution in [0.4, 0.5) is 16.2 Å². The maximum atomic E-state index is 11.9. The van der Waals surface area contributed by atoms with Crippen molar-refractivity contribution in [3.8, 4) is 0 Å². The summed E-state index contributed by atoms with van der Waals surface area (Å²) in [5.41, 5.74) is 0.692. The molecule has 9 nitrogen and oxygen atoms in total. The molecular formula is C15H14N4O5. The van der Waals surface area contributed by atoms with Crippen LogP contribution in [0.15, 0.2) is 23.8 Å². The standard InChI is InChI=1S/C15H14N4O5/c20-13-11(14(21)17-15(22)16-13)8-9-7-10(19(23)24)3-4-12(9)18-5-1-2-6-18/h3-4,7-8H,1-2,5-6H2,(H2,16,17,20,21,22). The summed E-state index contributed by atoms with van der Waals surface area (Å²) in [6.45, 7) is 1.59. The Bertz CT molecular complexity index is 758. The predicted molar refractivity (Wildman–Crippen MR) is 84.2 cm³/mol. The number of non-ortho nitro benzene ring substituents is 1. The maximum absolute atomic E-state index is 11.9. The van der Waals surface area contributed by atoms with Crippen molar-refractivity contribution in [2.75, 3.05) is 18.0 Å². The number of hydrogen-bond acceptors (Lipinski definition) is 6. The molecule has 3 rings (SSSR count). The number of nitro groups is 1. The zero-order valence-corrected chi connectivity index (χ0v) is 12.6. The molecule has 124 valence electrons. The van der Waals surface area contributed by atoms with Gasteiger partial charge >= 0.3 is 6.03 Å². The summed E-state index contributed by atoms with van der Waals surface area (Å²) >= 11 is 0. The fraction of sp³-hybridized carbons (Fsp3) is 0.267. The molecule has 2 aliphatic rings. The van der Waals surface area contributed by atoms with Crippen molar-refractivity contribution in [1.82, 2.24) is 10.6 Å². The second-order valence-electron chi connectivity index (χ2n) is 5.49. The Kier molecular flexibility index (Phi) is 3.98. The molecule has 0 aromatic heterocycles. The van der Waals surface area contributed by atoms with Gasteiger partial charge in [0.05, 0.1) is 4.92 Å². The molecule has 0 aliphatic carbocycles. The second-order valence-corrected chi connectivity index (χ2v) is 5.49. The number of rotatable bonds is 3. The van der Waals surface area contributed by atoms with Crippen LogP contribution in [0.2, 0.25) is 0 Å². The van der Waals surface area contributed by atoms with E-state index < -0.39 is 22.8 Å². The van der Waals surface area contributed by atoms with Crippen LogP contribution in [0.3, 0.4) is 0 Å². The Hall–Kier alpha value is -3.23. The van der Waals surface area contributed by atoms with Crippen LogP contribution in [0, 0.1) is 10.1 Å². The number of amides is 4. The third kappa shape index (κ3) is 2.96. The highest BCUT2D eigenvalue weighted by Crippen LogP contribution is 2.30. The Labute approximate surface area is 136 Å². The smallest absolute Gasteiger partial charge is 0.328 e. The molecule has 0 atom stereocenters.